The molecule has 0 aliphatic heterocycles. The van der Waals surface area contributed by atoms with Crippen molar-refractivity contribution in [3.05, 3.63) is 0 Å². The third kappa shape index (κ3) is 282. The molecule has 0 aromatic heterocycles. The van der Waals surface area contributed by atoms with Crippen LogP contribution in [0.15, 0.2) is 0 Å². The van der Waals surface area contributed by atoms with E-state index in [1.165, 1.54) is 0 Å². The third-order valence-electron chi connectivity index (χ3n) is 0. The van der Waals surface area contributed by atoms with Crippen molar-refractivity contribution in [2.24, 2.45) is 0 Å². The fourth-order valence-electron chi connectivity index (χ4n) is 0. The Morgan fingerprint density at radius 2 is 1.18 bits per heavy atom. The Bertz CT molecular complexity index is 77.7. The van der Waals surface area contributed by atoms with E-state index in [-0.39, 0.29) is 88.7 Å². The van der Waals surface area contributed by atoms with Gasteiger partial charge in [-0.05, 0) is 6.92 Å². The van der Waals surface area contributed by atoms with Crippen LogP contribution < -0.4 is 103 Å². The average molecular weight is 204 g/mol. The normalized spacial score (nSPS) is 4.45. The van der Waals surface area contributed by atoms with Crippen LogP contribution in [0, 0.1) is 0 Å². The number of carboxylic acids is 1. The molecule has 48 valence electrons. The molecule has 5 nitrogen and oxygen atoms in total. The predicted molar refractivity (Wildman–Crippen MR) is 17.1 cm³/mol. The average Bonchev–Trinajstić information content (AvgIpc) is 1.25. The number of carbonyl (C=O) groups excluding carboxylic acids is 1. The summed E-state index contributed by atoms with van der Waals surface area (Å²) in [5.41, 5.74) is 0. The largest absolute Gasteiger partial charge is 1.00 e. The van der Waals surface area contributed by atoms with E-state index in [0.717, 1.165) is 6.92 Å². The molecule has 0 aromatic rings. The minimum absolute atomic E-state index is 0. The monoisotopic (exact) mass is 204 g/mol. The van der Waals surface area contributed by atoms with Gasteiger partial charge < -0.3 is 24.0 Å². The zero-order valence-electron chi connectivity index (χ0n) is 7.04. The van der Waals surface area contributed by atoms with Crippen LogP contribution >= 0.6 is 0 Å². The first-order valence-electron chi connectivity index (χ1n) is 1.52. The number of hydrogen-bond donors (Lipinski definition) is 0. The Morgan fingerprint density at radius 1 is 1.18 bits per heavy atom. The summed E-state index contributed by atoms with van der Waals surface area (Å²) in [6.45, 7) is 0.972. The van der Waals surface area contributed by atoms with Crippen LogP contribution in [0.4, 0.5) is 0 Å². The second-order valence-electron chi connectivity index (χ2n) is 0.742. The number of carboxylic acid groups (broad SMARTS) is 1. The molecule has 0 amide bonds. The molecular formula is C2H3Na3O5Si. The molecular weight excluding hydrogens is 201 g/mol. The van der Waals surface area contributed by atoms with Gasteiger partial charge in [0.05, 0.1) is 0 Å². The van der Waals surface area contributed by atoms with Crippen LogP contribution in [0.2, 0.25) is 0 Å². The molecule has 0 unspecified atom stereocenters. The van der Waals surface area contributed by atoms with E-state index in [4.69, 9.17) is 24.0 Å². The van der Waals surface area contributed by atoms with Crippen molar-refractivity contribution in [2.75, 3.05) is 0 Å². The van der Waals surface area contributed by atoms with E-state index < -0.39 is 15.1 Å². The maximum absolute atomic E-state index is 8.89. The molecule has 0 aromatic carbocycles. The fourth-order valence-corrected chi connectivity index (χ4v) is 0. The fraction of sp³-hybridized carbons (Fsp3) is 0.500. The van der Waals surface area contributed by atoms with Crippen molar-refractivity contribution in [3.8, 4) is 0 Å². The van der Waals surface area contributed by atoms with E-state index in [9.17, 15) is 0 Å². The minimum atomic E-state index is -3.63. The van der Waals surface area contributed by atoms with E-state index in [1.54, 1.807) is 0 Å². The molecule has 0 N–H and O–H groups in total. The van der Waals surface area contributed by atoms with Gasteiger partial charge in [-0.1, -0.05) is 0 Å². The topological polar surface area (TPSA) is 103 Å². The number of carbonyl (C=O) groups is 1. The summed E-state index contributed by atoms with van der Waals surface area (Å²) >= 11 is 0. The molecule has 0 aliphatic carbocycles. The Morgan fingerprint density at radius 3 is 1.18 bits per heavy atom. The molecule has 0 saturated heterocycles. The van der Waals surface area contributed by atoms with Gasteiger partial charge in [0.15, 0.2) is 0 Å². The minimum Gasteiger partial charge on any atom is -0.672 e. The molecule has 0 heterocycles. The summed E-state index contributed by atoms with van der Waals surface area (Å²) in [4.78, 5) is 25.9. The van der Waals surface area contributed by atoms with Crippen molar-refractivity contribution in [3.63, 3.8) is 0 Å². The Balaban J connectivity index is -0.0000000171. The van der Waals surface area contributed by atoms with Crippen molar-refractivity contribution in [1.29, 1.82) is 0 Å². The molecule has 0 fully saturated rings. The van der Waals surface area contributed by atoms with Crippen molar-refractivity contribution >= 4 is 15.1 Å². The number of rotatable bonds is 0. The van der Waals surface area contributed by atoms with Gasteiger partial charge >= 0.3 is 88.7 Å². The predicted octanol–water partition coefficient (Wildman–Crippen LogP) is -13.1. The molecule has 0 spiro atoms. The van der Waals surface area contributed by atoms with Gasteiger partial charge in [0.25, 0.3) is 0 Å². The summed E-state index contributed by atoms with van der Waals surface area (Å²) in [6, 6.07) is 0. The van der Waals surface area contributed by atoms with Crippen molar-refractivity contribution < 1.29 is 113 Å². The van der Waals surface area contributed by atoms with Crippen LogP contribution in [-0.4, -0.2) is 15.1 Å². The van der Waals surface area contributed by atoms with Crippen LogP contribution in [0.3, 0.4) is 0 Å². The van der Waals surface area contributed by atoms with E-state index >= 15 is 0 Å². The number of aliphatic carboxylic acids is 1. The summed E-state index contributed by atoms with van der Waals surface area (Å²) in [5, 5.41) is 8.89. The molecule has 0 aliphatic rings. The maximum Gasteiger partial charge on any atom is 1.00 e. The molecule has 9 heteroatoms. The number of hydrogen-bond acceptors (Lipinski definition) is 5. The van der Waals surface area contributed by atoms with Crippen molar-refractivity contribution in [2.45, 2.75) is 6.92 Å². The first kappa shape index (κ1) is 29.2. The zero-order chi connectivity index (χ0) is 7.15. The Hall–Kier alpha value is 2.09. The summed E-state index contributed by atoms with van der Waals surface area (Å²) in [7, 11) is -3.63. The smallest absolute Gasteiger partial charge is 0.672 e. The first-order valence-corrected chi connectivity index (χ1v) is 2.75. The van der Waals surface area contributed by atoms with Gasteiger partial charge in [0.2, 0.25) is 0 Å². The molecule has 0 atom stereocenters. The van der Waals surface area contributed by atoms with Gasteiger partial charge in [-0.3, -0.25) is 0 Å². The molecule has 0 saturated carbocycles. The summed E-state index contributed by atoms with van der Waals surface area (Å²) < 4.78 is 8.52. The van der Waals surface area contributed by atoms with Crippen LogP contribution in [0.1, 0.15) is 6.92 Å². The second kappa shape index (κ2) is 22.7. The molecule has 0 rings (SSSR count). The quantitative estimate of drug-likeness (QED) is 0.364. The summed E-state index contributed by atoms with van der Waals surface area (Å²) in [6.07, 6.45) is 0. The van der Waals surface area contributed by atoms with E-state index in [0.29, 0.717) is 0 Å². The van der Waals surface area contributed by atoms with E-state index in [2.05, 4.69) is 0 Å². The van der Waals surface area contributed by atoms with Crippen LogP contribution in [-0.2, 0) is 9.26 Å². The first-order chi connectivity index (χ1) is 3.46. The van der Waals surface area contributed by atoms with Gasteiger partial charge in [-0.15, -0.1) is 0 Å². The Labute approximate surface area is 132 Å². The van der Waals surface area contributed by atoms with E-state index in [1.807, 2.05) is 0 Å². The maximum atomic E-state index is 8.89. The van der Waals surface area contributed by atoms with Crippen LogP contribution in [0.25, 0.3) is 0 Å². The summed E-state index contributed by atoms with van der Waals surface area (Å²) in [5.74, 6) is -1.08. The van der Waals surface area contributed by atoms with Gasteiger partial charge in [0.1, 0.15) is 0 Å². The van der Waals surface area contributed by atoms with Gasteiger partial charge in [-0.25, -0.2) is 0 Å². The third-order valence-corrected chi connectivity index (χ3v) is 0. The molecule has 0 bridgehead atoms. The molecule has 0 radical (unpaired) electrons. The Kier molecular flexibility index (Phi) is 60.4. The SMILES string of the molecule is CC(=O)[O-].O=[Si]([O-])[O-].[Na+].[Na+].[Na+]. The van der Waals surface area contributed by atoms with Gasteiger partial charge in [0, 0.05) is 15.1 Å². The van der Waals surface area contributed by atoms with Gasteiger partial charge in [-0.2, -0.15) is 0 Å². The van der Waals surface area contributed by atoms with Crippen molar-refractivity contribution in [1.82, 2.24) is 0 Å². The standard InChI is InChI=1S/C2H4O2.3Na.O3Si/c1-2(3)4;;;;1-4(2)3/h1H3,(H,3,4);;;;/q;3*+1;-2/p-1. The molecule has 11 heavy (non-hydrogen) atoms. The van der Waals surface area contributed by atoms with Crippen LogP contribution in [0.5, 0.6) is 0 Å². The zero-order valence-corrected chi connectivity index (χ0v) is 14.0. The second-order valence-corrected chi connectivity index (χ2v) is 1.24.